The Morgan fingerprint density at radius 1 is 1.35 bits per heavy atom. The first-order valence-electron chi connectivity index (χ1n) is 6.13. The molecule has 1 aromatic carbocycles. The number of halogens is 2. The number of hydrogen-bond acceptors (Lipinski definition) is 3. The minimum Gasteiger partial charge on any atom is -0.347 e. The molecular formula is C13H17Cl2NO3S. The normalized spacial score (nSPS) is 12.2. The Bertz CT molecular complexity index is 612. The van der Waals surface area contributed by atoms with E-state index < -0.39 is 9.05 Å². The van der Waals surface area contributed by atoms with E-state index in [1.54, 1.807) is 0 Å². The Balaban J connectivity index is 3.07. The number of nitrogens with one attached hydrogen (secondary N) is 1. The summed E-state index contributed by atoms with van der Waals surface area (Å²) in [5.74, 6) is -0.360. The maximum Gasteiger partial charge on any atom is 0.262 e. The van der Waals surface area contributed by atoms with Crippen molar-refractivity contribution in [3.63, 3.8) is 0 Å². The number of carbonyl (C=O) groups excluding carboxylic acids is 1. The van der Waals surface area contributed by atoms with Gasteiger partial charge in [-0.25, -0.2) is 8.42 Å². The Labute approximate surface area is 128 Å². The molecule has 1 rings (SSSR count). The molecule has 0 aromatic heterocycles. The average molecular weight is 338 g/mol. The van der Waals surface area contributed by atoms with Crippen LogP contribution < -0.4 is 5.32 Å². The van der Waals surface area contributed by atoms with E-state index in [1.807, 2.05) is 20.8 Å². The summed E-state index contributed by atoms with van der Waals surface area (Å²) in [6.45, 7) is 5.83. The van der Waals surface area contributed by atoms with Gasteiger partial charge in [-0.1, -0.05) is 24.9 Å². The Hall–Kier alpha value is -0.780. The lowest BCUT2D eigenvalue weighted by Gasteiger charge is -2.25. The first kappa shape index (κ1) is 17.3. The van der Waals surface area contributed by atoms with Gasteiger partial charge in [0.1, 0.15) is 4.90 Å². The largest absolute Gasteiger partial charge is 0.347 e. The highest BCUT2D eigenvalue weighted by Gasteiger charge is 2.22. The molecule has 0 atom stereocenters. The standard InChI is InChI=1S/C13H17Cl2NO3S/c1-4-7-13(2,3)16-12(17)9-5-6-10(14)11(8-9)20(15,18)19/h5-6,8H,4,7H2,1-3H3,(H,16,17). The van der Waals surface area contributed by atoms with Gasteiger partial charge in [0.2, 0.25) is 0 Å². The van der Waals surface area contributed by atoms with Gasteiger partial charge in [0.25, 0.3) is 15.0 Å². The molecule has 0 radical (unpaired) electrons. The Morgan fingerprint density at radius 3 is 2.45 bits per heavy atom. The van der Waals surface area contributed by atoms with Crippen LogP contribution >= 0.6 is 22.3 Å². The van der Waals surface area contributed by atoms with Crippen LogP contribution in [0.25, 0.3) is 0 Å². The fraction of sp³-hybridized carbons (Fsp3) is 0.462. The highest BCUT2D eigenvalue weighted by atomic mass is 35.7. The summed E-state index contributed by atoms with van der Waals surface area (Å²) in [7, 11) is 1.30. The zero-order valence-corrected chi connectivity index (χ0v) is 13.9. The van der Waals surface area contributed by atoms with Gasteiger partial charge < -0.3 is 5.32 Å². The molecule has 1 amide bonds. The molecule has 7 heteroatoms. The summed E-state index contributed by atoms with van der Waals surface area (Å²) >= 11 is 5.77. The van der Waals surface area contributed by atoms with Crippen molar-refractivity contribution in [2.24, 2.45) is 0 Å². The van der Waals surface area contributed by atoms with Crippen molar-refractivity contribution in [2.45, 2.75) is 44.0 Å². The van der Waals surface area contributed by atoms with Gasteiger partial charge in [-0.2, -0.15) is 0 Å². The number of amides is 1. The molecule has 4 nitrogen and oxygen atoms in total. The summed E-state index contributed by atoms with van der Waals surface area (Å²) in [5.41, 5.74) is -0.163. The van der Waals surface area contributed by atoms with E-state index in [9.17, 15) is 13.2 Å². The quantitative estimate of drug-likeness (QED) is 0.835. The van der Waals surface area contributed by atoms with Crippen LogP contribution in [-0.2, 0) is 9.05 Å². The van der Waals surface area contributed by atoms with Crippen molar-refractivity contribution in [2.75, 3.05) is 0 Å². The molecule has 20 heavy (non-hydrogen) atoms. The fourth-order valence-electron chi connectivity index (χ4n) is 1.90. The van der Waals surface area contributed by atoms with Crippen LogP contribution in [0, 0.1) is 0 Å². The van der Waals surface area contributed by atoms with E-state index >= 15 is 0 Å². The Morgan fingerprint density at radius 2 is 1.95 bits per heavy atom. The maximum absolute atomic E-state index is 12.1. The molecule has 0 spiro atoms. The molecular weight excluding hydrogens is 321 g/mol. The molecule has 112 valence electrons. The topological polar surface area (TPSA) is 63.2 Å². The second-order valence-electron chi connectivity index (χ2n) is 5.17. The van der Waals surface area contributed by atoms with Crippen LogP contribution in [0.2, 0.25) is 5.02 Å². The molecule has 0 fully saturated rings. The van der Waals surface area contributed by atoms with E-state index in [4.69, 9.17) is 22.3 Å². The van der Waals surface area contributed by atoms with E-state index in [-0.39, 0.29) is 26.9 Å². The lowest BCUT2D eigenvalue weighted by Crippen LogP contribution is -2.43. The molecule has 1 aromatic rings. The molecule has 0 saturated carbocycles. The SMILES string of the molecule is CCCC(C)(C)NC(=O)c1ccc(Cl)c(S(=O)(=O)Cl)c1. The van der Waals surface area contributed by atoms with Crippen molar-refractivity contribution in [3.05, 3.63) is 28.8 Å². The molecule has 0 aliphatic heterocycles. The van der Waals surface area contributed by atoms with Gasteiger partial charge in [0, 0.05) is 21.8 Å². The summed E-state index contributed by atoms with van der Waals surface area (Å²) in [5, 5.41) is 2.84. The number of hydrogen-bond donors (Lipinski definition) is 1. The summed E-state index contributed by atoms with van der Waals surface area (Å²) in [6.07, 6.45) is 1.74. The van der Waals surface area contributed by atoms with Gasteiger partial charge >= 0.3 is 0 Å². The zero-order valence-electron chi connectivity index (χ0n) is 11.5. The highest BCUT2D eigenvalue weighted by Crippen LogP contribution is 2.26. The minimum atomic E-state index is -3.98. The van der Waals surface area contributed by atoms with Crippen molar-refractivity contribution in [3.8, 4) is 0 Å². The van der Waals surface area contributed by atoms with Crippen LogP contribution in [0.5, 0.6) is 0 Å². The summed E-state index contributed by atoms with van der Waals surface area (Å²) in [4.78, 5) is 11.9. The van der Waals surface area contributed by atoms with Crippen LogP contribution in [-0.4, -0.2) is 19.9 Å². The first-order chi connectivity index (χ1) is 9.07. The van der Waals surface area contributed by atoms with Gasteiger partial charge in [0.15, 0.2) is 0 Å². The van der Waals surface area contributed by atoms with E-state index in [0.29, 0.717) is 0 Å². The molecule has 0 heterocycles. The lowest BCUT2D eigenvalue weighted by atomic mass is 9.98. The molecule has 0 saturated heterocycles. The van der Waals surface area contributed by atoms with Crippen molar-refractivity contribution >= 4 is 37.2 Å². The van der Waals surface area contributed by atoms with Crippen LogP contribution in [0.1, 0.15) is 44.0 Å². The molecule has 1 N–H and O–H groups in total. The molecule has 0 aliphatic rings. The van der Waals surface area contributed by atoms with E-state index in [0.717, 1.165) is 12.8 Å². The third-order valence-electron chi connectivity index (χ3n) is 2.78. The minimum absolute atomic E-state index is 0.00984. The molecule has 0 unspecified atom stereocenters. The van der Waals surface area contributed by atoms with Gasteiger partial charge in [-0.15, -0.1) is 0 Å². The monoisotopic (exact) mass is 337 g/mol. The number of carbonyl (C=O) groups is 1. The van der Waals surface area contributed by atoms with Crippen LogP contribution in [0.3, 0.4) is 0 Å². The second kappa shape index (κ2) is 6.33. The molecule has 0 bridgehead atoms. The predicted octanol–water partition coefficient (Wildman–Crippen LogP) is 3.58. The van der Waals surface area contributed by atoms with Crippen LogP contribution in [0.4, 0.5) is 0 Å². The smallest absolute Gasteiger partial charge is 0.262 e. The zero-order chi connectivity index (χ0) is 15.6. The third kappa shape index (κ3) is 4.65. The number of benzene rings is 1. The Kier molecular flexibility index (Phi) is 5.46. The van der Waals surface area contributed by atoms with Crippen molar-refractivity contribution in [1.29, 1.82) is 0 Å². The van der Waals surface area contributed by atoms with Gasteiger partial charge in [0.05, 0.1) is 5.02 Å². The van der Waals surface area contributed by atoms with Crippen LogP contribution in [0.15, 0.2) is 23.1 Å². The lowest BCUT2D eigenvalue weighted by molar-refractivity contribution is 0.0909. The average Bonchev–Trinajstić information content (AvgIpc) is 2.26. The van der Waals surface area contributed by atoms with E-state index in [1.165, 1.54) is 18.2 Å². The fourth-order valence-corrected chi connectivity index (χ4v) is 3.39. The third-order valence-corrected chi connectivity index (χ3v) is 4.59. The second-order valence-corrected chi connectivity index (χ2v) is 8.11. The summed E-state index contributed by atoms with van der Waals surface area (Å²) in [6, 6.07) is 3.99. The van der Waals surface area contributed by atoms with Gasteiger partial charge in [-0.05, 0) is 38.5 Å². The summed E-state index contributed by atoms with van der Waals surface area (Å²) < 4.78 is 22.7. The van der Waals surface area contributed by atoms with E-state index in [2.05, 4.69) is 5.32 Å². The number of rotatable bonds is 5. The van der Waals surface area contributed by atoms with Crippen molar-refractivity contribution < 1.29 is 13.2 Å². The van der Waals surface area contributed by atoms with Crippen molar-refractivity contribution in [1.82, 2.24) is 5.32 Å². The maximum atomic E-state index is 12.1. The molecule has 0 aliphatic carbocycles. The predicted molar refractivity (Wildman–Crippen MR) is 80.9 cm³/mol. The first-order valence-corrected chi connectivity index (χ1v) is 8.82. The highest BCUT2D eigenvalue weighted by molar-refractivity contribution is 8.13. The van der Waals surface area contributed by atoms with Gasteiger partial charge in [-0.3, -0.25) is 4.79 Å².